The Hall–Kier alpha value is -2.44. The van der Waals surface area contributed by atoms with Crippen molar-refractivity contribution in [2.75, 3.05) is 12.3 Å². The van der Waals surface area contributed by atoms with Crippen LogP contribution in [0.1, 0.15) is 35.1 Å². The van der Waals surface area contributed by atoms with Crippen LogP contribution in [0.2, 0.25) is 0 Å². The average Bonchev–Trinajstić information content (AvgIpc) is 3.07. The molecule has 3 N–H and O–H groups in total. The number of carbonyl (C=O) groups excluding carboxylic acids is 1. The molecule has 1 atom stereocenters. The molecule has 7 heteroatoms. The molecule has 0 saturated carbocycles. The summed E-state index contributed by atoms with van der Waals surface area (Å²) in [6.45, 7) is 0.715. The Kier molecular flexibility index (Phi) is 2.86. The number of aromatic nitrogens is 4. The van der Waals surface area contributed by atoms with Gasteiger partial charge in [-0.05, 0) is 30.5 Å². The number of anilines is 1. The number of carbonyl (C=O) groups is 1. The number of nitrogens with one attached hydrogen (secondary N) is 1. The van der Waals surface area contributed by atoms with E-state index >= 15 is 0 Å². The summed E-state index contributed by atoms with van der Waals surface area (Å²) in [6.07, 6.45) is 5.40. The third-order valence-electron chi connectivity index (χ3n) is 3.31. The van der Waals surface area contributed by atoms with Crippen molar-refractivity contribution in [3.8, 4) is 0 Å². The van der Waals surface area contributed by atoms with Gasteiger partial charge in [-0.2, -0.15) is 4.98 Å². The summed E-state index contributed by atoms with van der Waals surface area (Å²) >= 11 is 0. The fourth-order valence-corrected chi connectivity index (χ4v) is 2.45. The van der Waals surface area contributed by atoms with Crippen LogP contribution >= 0.6 is 0 Å². The van der Waals surface area contributed by atoms with Gasteiger partial charge < -0.3 is 10.6 Å². The third kappa shape index (κ3) is 2.14. The van der Waals surface area contributed by atoms with E-state index in [0.29, 0.717) is 6.54 Å². The lowest BCUT2D eigenvalue weighted by Gasteiger charge is -2.23. The number of nitrogens with zero attached hydrogens (tertiary/aromatic N) is 4. The fourth-order valence-electron chi connectivity index (χ4n) is 2.45. The highest BCUT2D eigenvalue weighted by Crippen LogP contribution is 2.32. The maximum absolute atomic E-state index is 12.4. The van der Waals surface area contributed by atoms with Crippen molar-refractivity contribution in [2.45, 2.75) is 18.9 Å². The molecule has 1 saturated heterocycles. The molecule has 1 unspecified atom stereocenters. The van der Waals surface area contributed by atoms with Gasteiger partial charge in [-0.25, -0.2) is 0 Å². The highest BCUT2D eigenvalue weighted by molar-refractivity contribution is 5.91. The zero-order chi connectivity index (χ0) is 13.2. The Morgan fingerprint density at radius 2 is 2.21 bits per heavy atom. The molecule has 3 rings (SSSR count). The van der Waals surface area contributed by atoms with Gasteiger partial charge >= 0.3 is 0 Å². The largest absolute Gasteiger partial charge is 0.366 e. The number of nitrogen functional groups attached to an aromatic ring is 1. The number of nitrogens with two attached hydrogens (primary N) is 1. The number of aromatic amines is 1. The van der Waals surface area contributed by atoms with Crippen LogP contribution in [-0.2, 0) is 0 Å². The van der Waals surface area contributed by atoms with Crippen LogP contribution in [0.4, 0.5) is 5.95 Å². The van der Waals surface area contributed by atoms with E-state index in [-0.39, 0.29) is 23.7 Å². The minimum Gasteiger partial charge on any atom is -0.366 e. The maximum atomic E-state index is 12.4. The van der Waals surface area contributed by atoms with E-state index in [0.717, 1.165) is 18.4 Å². The van der Waals surface area contributed by atoms with Crippen molar-refractivity contribution in [2.24, 2.45) is 0 Å². The van der Waals surface area contributed by atoms with Crippen LogP contribution in [0.25, 0.3) is 0 Å². The van der Waals surface area contributed by atoms with Gasteiger partial charge in [-0.1, -0.05) is 0 Å². The molecule has 1 aliphatic rings. The second-order valence-electron chi connectivity index (χ2n) is 4.48. The monoisotopic (exact) mass is 258 g/mol. The number of H-pyrrole nitrogens is 1. The molecule has 3 heterocycles. The molecular formula is C12H14N6O. The van der Waals surface area contributed by atoms with Crippen LogP contribution in [-0.4, -0.2) is 37.5 Å². The first-order chi connectivity index (χ1) is 9.25. The van der Waals surface area contributed by atoms with E-state index in [4.69, 9.17) is 5.73 Å². The fraction of sp³-hybridized carbons (Fsp3) is 0.333. The van der Waals surface area contributed by atoms with Crippen LogP contribution < -0.4 is 5.73 Å². The number of rotatable bonds is 2. The molecule has 7 nitrogen and oxygen atoms in total. The SMILES string of the molecule is Nc1n[nH]c(C(=O)N2CCCC2c2ccncc2)n1. The zero-order valence-corrected chi connectivity index (χ0v) is 10.3. The van der Waals surface area contributed by atoms with E-state index in [1.165, 1.54) is 0 Å². The average molecular weight is 258 g/mol. The molecular weight excluding hydrogens is 244 g/mol. The summed E-state index contributed by atoms with van der Waals surface area (Å²) < 4.78 is 0. The second kappa shape index (κ2) is 4.68. The highest BCUT2D eigenvalue weighted by atomic mass is 16.2. The van der Waals surface area contributed by atoms with Crippen LogP contribution in [0.15, 0.2) is 24.5 Å². The number of amides is 1. The summed E-state index contributed by atoms with van der Waals surface area (Å²) in [5.74, 6) is 0.116. The van der Waals surface area contributed by atoms with E-state index in [9.17, 15) is 4.79 Å². The molecule has 1 amide bonds. The van der Waals surface area contributed by atoms with Gasteiger partial charge in [0.05, 0.1) is 6.04 Å². The summed E-state index contributed by atoms with van der Waals surface area (Å²) in [6, 6.07) is 3.94. The van der Waals surface area contributed by atoms with Crippen molar-refractivity contribution >= 4 is 11.9 Å². The standard InChI is InChI=1S/C12H14N6O/c13-12-15-10(16-17-12)11(19)18-7-1-2-9(18)8-3-5-14-6-4-8/h3-6,9H,1-2,7H2,(H3,13,15,16,17). The molecule has 0 aromatic carbocycles. The van der Waals surface area contributed by atoms with Gasteiger partial charge in [-0.15, -0.1) is 5.10 Å². The molecule has 0 aliphatic carbocycles. The molecule has 2 aromatic rings. The molecule has 98 valence electrons. The molecule has 1 aliphatic heterocycles. The Bertz CT molecular complexity index is 581. The summed E-state index contributed by atoms with van der Waals surface area (Å²) in [4.78, 5) is 22.1. The minimum absolute atomic E-state index is 0.0711. The van der Waals surface area contributed by atoms with Crippen LogP contribution in [0.5, 0.6) is 0 Å². The Labute approximate surface area is 109 Å². The topological polar surface area (TPSA) is 101 Å². The lowest BCUT2D eigenvalue weighted by Crippen LogP contribution is -2.31. The summed E-state index contributed by atoms with van der Waals surface area (Å²) in [7, 11) is 0. The Morgan fingerprint density at radius 1 is 1.42 bits per heavy atom. The second-order valence-corrected chi connectivity index (χ2v) is 4.48. The van der Waals surface area contributed by atoms with Crippen molar-refractivity contribution in [1.82, 2.24) is 25.1 Å². The number of hydrogen-bond acceptors (Lipinski definition) is 5. The third-order valence-corrected chi connectivity index (χ3v) is 3.31. The normalized spacial score (nSPS) is 18.7. The number of pyridine rings is 1. The van der Waals surface area contributed by atoms with Gasteiger partial charge in [0.2, 0.25) is 11.8 Å². The predicted octanol–water partition coefficient (Wildman–Crippen LogP) is 0.759. The zero-order valence-electron chi connectivity index (χ0n) is 10.3. The van der Waals surface area contributed by atoms with Crippen molar-refractivity contribution in [1.29, 1.82) is 0 Å². The van der Waals surface area contributed by atoms with E-state index in [1.54, 1.807) is 17.3 Å². The van der Waals surface area contributed by atoms with Gasteiger partial charge in [0.25, 0.3) is 5.91 Å². The van der Waals surface area contributed by atoms with Gasteiger partial charge in [0, 0.05) is 18.9 Å². The van der Waals surface area contributed by atoms with Crippen molar-refractivity contribution in [3.05, 3.63) is 35.9 Å². The number of hydrogen-bond donors (Lipinski definition) is 2. The van der Waals surface area contributed by atoms with Crippen LogP contribution in [0, 0.1) is 0 Å². The summed E-state index contributed by atoms with van der Waals surface area (Å²) in [5.41, 5.74) is 6.52. The molecule has 0 spiro atoms. The molecule has 2 aromatic heterocycles. The maximum Gasteiger partial charge on any atom is 0.291 e. The molecule has 1 fully saturated rings. The molecule has 19 heavy (non-hydrogen) atoms. The first-order valence-corrected chi connectivity index (χ1v) is 6.14. The first-order valence-electron chi connectivity index (χ1n) is 6.14. The smallest absolute Gasteiger partial charge is 0.291 e. The quantitative estimate of drug-likeness (QED) is 0.828. The van der Waals surface area contributed by atoms with Gasteiger partial charge in [0.15, 0.2) is 0 Å². The first kappa shape index (κ1) is 11.6. The van der Waals surface area contributed by atoms with E-state index < -0.39 is 0 Å². The van der Waals surface area contributed by atoms with Crippen molar-refractivity contribution < 1.29 is 4.79 Å². The van der Waals surface area contributed by atoms with Crippen LogP contribution in [0.3, 0.4) is 0 Å². The highest BCUT2D eigenvalue weighted by Gasteiger charge is 2.32. The van der Waals surface area contributed by atoms with E-state index in [1.807, 2.05) is 12.1 Å². The Balaban J connectivity index is 1.86. The Morgan fingerprint density at radius 3 is 2.89 bits per heavy atom. The molecule has 0 radical (unpaired) electrons. The van der Waals surface area contributed by atoms with E-state index in [2.05, 4.69) is 20.2 Å². The molecule has 0 bridgehead atoms. The van der Waals surface area contributed by atoms with Crippen molar-refractivity contribution in [3.63, 3.8) is 0 Å². The minimum atomic E-state index is -0.163. The van der Waals surface area contributed by atoms with Gasteiger partial charge in [-0.3, -0.25) is 14.9 Å². The summed E-state index contributed by atoms with van der Waals surface area (Å²) in [5, 5.41) is 6.26. The lowest BCUT2D eigenvalue weighted by atomic mass is 10.1. The van der Waals surface area contributed by atoms with Gasteiger partial charge in [0.1, 0.15) is 0 Å². The predicted molar refractivity (Wildman–Crippen MR) is 68.0 cm³/mol. The number of likely N-dealkylation sites (tertiary alicyclic amines) is 1. The lowest BCUT2D eigenvalue weighted by molar-refractivity contribution is 0.0723.